The molecule has 4 aromatic rings. The summed E-state index contributed by atoms with van der Waals surface area (Å²) < 4.78 is 6.27. The van der Waals surface area contributed by atoms with Gasteiger partial charge in [-0.05, 0) is 42.0 Å². The molecule has 1 heterocycles. The largest absolute Gasteiger partial charge is 0.380 e. The van der Waals surface area contributed by atoms with Crippen molar-refractivity contribution in [3.8, 4) is 10.6 Å². The van der Waals surface area contributed by atoms with Gasteiger partial charge in [0, 0.05) is 18.2 Å². The zero-order valence-electron chi connectivity index (χ0n) is 14.8. The van der Waals surface area contributed by atoms with Crippen LogP contribution in [0.4, 0.5) is 5.69 Å². The van der Waals surface area contributed by atoms with Gasteiger partial charge in [-0.15, -0.1) is 11.3 Å². The van der Waals surface area contributed by atoms with Crippen LogP contribution in [0.3, 0.4) is 0 Å². The number of benzene rings is 3. The Kier molecular flexibility index (Phi) is 4.96. The lowest BCUT2D eigenvalue weighted by molar-refractivity contribution is 0.102. The summed E-state index contributed by atoms with van der Waals surface area (Å²) in [4.78, 5) is 17.5. The highest BCUT2D eigenvalue weighted by Gasteiger charge is 2.13. The quantitative estimate of drug-likeness (QED) is 0.511. The number of para-hydroxylation sites is 2. The lowest BCUT2D eigenvalue weighted by atomic mass is 10.1. The van der Waals surface area contributed by atoms with Crippen molar-refractivity contribution in [2.75, 3.05) is 12.4 Å². The fourth-order valence-electron chi connectivity index (χ4n) is 2.93. The number of anilines is 1. The SMILES string of the molecule is COCc1cccc(C(=O)Nc2ccccc2-c2nc3ccccc3s2)c1. The van der Waals surface area contributed by atoms with Crippen molar-refractivity contribution in [3.05, 3.63) is 83.9 Å². The average Bonchev–Trinajstić information content (AvgIpc) is 3.13. The van der Waals surface area contributed by atoms with Gasteiger partial charge in [0.2, 0.25) is 0 Å². The first kappa shape index (κ1) is 17.4. The predicted molar refractivity (Wildman–Crippen MR) is 110 cm³/mol. The summed E-state index contributed by atoms with van der Waals surface area (Å²) in [5, 5.41) is 3.91. The summed E-state index contributed by atoms with van der Waals surface area (Å²) in [6.45, 7) is 0.476. The van der Waals surface area contributed by atoms with Gasteiger partial charge in [0.25, 0.3) is 5.91 Å². The van der Waals surface area contributed by atoms with Crippen molar-refractivity contribution in [2.24, 2.45) is 0 Å². The molecule has 134 valence electrons. The van der Waals surface area contributed by atoms with E-state index in [1.165, 1.54) is 0 Å². The van der Waals surface area contributed by atoms with Crippen molar-refractivity contribution in [1.29, 1.82) is 0 Å². The van der Waals surface area contributed by atoms with Crippen molar-refractivity contribution < 1.29 is 9.53 Å². The second kappa shape index (κ2) is 7.70. The van der Waals surface area contributed by atoms with Crippen molar-refractivity contribution in [2.45, 2.75) is 6.61 Å². The third kappa shape index (κ3) is 3.74. The smallest absolute Gasteiger partial charge is 0.255 e. The van der Waals surface area contributed by atoms with E-state index in [1.807, 2.05) is 60.7 Å². The van der Waals surface area contributed by atoms with Crippen LogP contribution in [0.5, 0.6) is 0 Å². The average molecular weight is 374 g/mol. The summed E-state index contributed by atoms with van der Waals surface area (Å²) in [6, 6.07) is 23.2. The number of methoxy groups -OCH3 is 1. The third-order valence-corrected chi connectivity index (χ3v) is 5.27. The predicted octanol–water partition coefficient (Wildman–Crippen LogP) is 5.36. The van der Waals surface area contributed by atoms with Gasteiger partial charge in [-0.3, -0.25) is 4.79 Å². The molecule has 1 amide bonds. The van der Waals surface area contributed by atoms with E-state index in [2.05, 4.69) is 11.4 Å². The Morgan fingerprint density at radius 2 is 1.85 bits per heavy atom. The van der Waals surface area contributed by atoms with Crippen LogP contribution in [-0.2, 0) is 11.3 Å². The van der Waals surface area contributed by atoms with Crippen molar-refractivity contribution >= 4 is 33.1 Å². The first-order chi connectivity index (χ1) is 13.2. The number of nitrogens with one attached hydrogen (secondary N) is 1. The van der Waals surface area contributed by atoms with Gasteiger partial charge in [0.15, 0.2) is 0 Å². The van der Waals surface area contributed by atoms with Crippen LogP contribution in [0.1, 0.15) is 15.9 Å². The topological polar surface area (TPSA) is 51.2 Å². The van der Waals surface area contributed by atoms with E-state index in [-0.39, 0.29) is 5.91 Å². The lowest BCUT2D eigenvalue weighted by Crippen LogP contribution is -2.13. The minimum atomic E-state index is -0.151. The number of rotatable bonds is 5. The summed E-state index contributed by atoms with van der Waals surface area (Å²) in [7, 11) is 1.64. The van der Waals surface area contributed by atoms with Gasteiger partial charge in [0.05, 0.1) is 22.5 Å². The number of amides is 1. The number of hydrogen-bond acceptors (Lipinski definition) is 4. The zero-order chi connectivity index (χ0) is 18.6. The highest BCUT2D eigenvalue weighted by molar-refractivity contribution is 7.21. The van der Waals surface area contributed by atoms with Crippen LogP contribution in [0.2, 0.25) is 0 Å². The van der Waals surface area contributed by atoms with Crippen LogP contribution >= 0.6 is 11.3 Å². The molecule has 0 aliphatic rings. The molecule has 27 heavy (non-hydrogen) atoms. The fourth-order valence-corrected chi connectivity index (χ4v) is 3.93. The second-order valence-corrected chi connectivity index (χ2v) is 7.15. The zero-order valence-corrected chi connectivity index (χ0v) is 15.6. The first-order valence-corrected chi connectivity index (χ1v) is 9.40. The highest BCUT2D eigenvalue weighted by atomic mass is 32.1. The Bertz CT molecular complexity index is 1070. The molecule has 1 N–H and O–H groups in total. The van der Waals surface area contributed by atoms with Gasteiger partial charge in [-0.2, -0.15) is 0 Å². The van der Waals surface area contributed by atoms with Gasteiger partial charge in [0.1, 0.15) is 5.01 Å². The van der Waals surface area contributed by atoms with E-state index in [9.17, 15) is 4.79 Å². The normalized spacial score (nSPS) is 10.9. The molecule has 0 atom stereocenters. The van der Waals surface area contributed by atoms with E-state index in [0.717, 1.165) is 32.0 Å². The molecule has 0 saturated heterocycles. The van der Waals surface area contributed by atoms with Crippen molar-refractivity contribution in [3.63, 3.8) is 0 Å². The van der Waals surface area contributed by atoms with E-state index < -0.39 is 0 Å². The maximum absolute atomic E-state index is 12.8. The Morgan fingerprint density at radius 1 is 1.04 bits per heavy atom. The molecule has 1 aromatic heterocycles. The molecular formula is C22H18N2O2S. The van der Waals surface area contributed by atoms with Crippen LogP contribution < -0.4 is 5.32 Å². The molecule has 5 heteroatoms. The molecular weight excluding hydrogens is 356 g/mol. The van der Waals surface area contributed by atoms with E-state index in [4.69, 9.17) is 9.72 Å². The monoisotopic (exact) mass is 374 g/mol. The maximum atomic E-state index is 12.8. The number of carbonyl (C=O) groups is 1. The third-order valence-electron chi connectivity index (χ3n) is 4.20. The van der Waals surface area contributed by atoms with Gasteiger partial charge >= 0.3 is 0 Å². The van der Waals surface area contributed by atoms with E-state index in [1.54, 1.807) is 24.5 Å². The van der Waals surface area contributed by atoms with Crippen LogP contribution in [-0.4, -0.2) is 18.0 Å². The highest BCUT2D eigenvalue weighted by Crippen LogP contribution is 2.34. The summed E-state index contributed by atoms with van der Waals surface area (Å²) in [5.41, 5.74) is 4.19. The minimum absolute atomic E-state index is 0.151. The Morgan fingerprint density at radius 3 is 2.70 bits per heavy atom. The Balaban J connectivity index is 1.65. The number of nitrogens with zero attached hydrogens (tertiary/aromatic N) is 1. The second-order valence-electron chi connectivity index (χ2n) is 6.12. The van der Waals surface area contributed by atoms with Gasteiger partial charge < -0.3 is 10.1 Å². The standard InChI is InChI=1S/C22H18N2O2S/c1-26-14-15-7-6-8-16(13-15)21(25)23-18-10-3-2-9-17(18)22-24-19-11-4-5-12-20(19)27-22/h2-13H,14H2,1H3,(H,23,25). The number of ether oxygens (including phenoxy) is 1. The number of carbonyl (C=O) groups excluding carboxylic acids is 1. The first-order valence-electron chi connectivity index (χ1n) is 8.59. The Labute approximate surface area is 161 Å². The molecule has 0 spiro atoms. The molecule has 0 unspecified atom stereocenters. The molecule has 4 rings (SSSR count). The molecule has 0 aliphatic heterocycles. The molecule has 0 saturated carbocycles. The Hall–Kier alpha value is -3.02. The molecule has 0 radical (unpaired) electrons. The van der Waals surface area contributed by atoms with Gasteiger partial charge in [-0.25, -0.2) is 4.98 Å². The molecule has 0 aliphatic carbocycles. The maximum Gasteiger partial charge on any atom is 0.255 e. The van der Waals surface area contributed by atoms with Gasteiger partial charge in [-0.1, -0.05) is 36.4 Å². The minimum Gasteiger partial charge on any atom is -0.380 e. The van der Waals surface area contributed by atoms with Crippen LogP contribution in [0.25, 0.3) is 20.8 Å². The van der Waals surface area contributed by atoms with Crippen molar-refractivity contribution in [1.82, 2.24) is 4.98 Å². The molecule has 0 fully saturated rings. The lowest BCUT2D eigenvalue weighted by Gasteiger charge is -2.10. The summed E-state index contributed by atoms with van der Waals surface area (Å²) >= 11 is 1.62. The number of hydrogen-bond donors (Lipinski definition) is 1. The number of fused-ring (bicyclic) bond motifs is 1. The number of aromatic nitrogens is 1. The van der Waals surface area contributed by atoms with E-state index >= 15 is 0 Å². The van der Waals surface area contributed by atoms with E-state index in [0.29, 0.717) is 12.2 Å². The fraction of sp³-hybridized carbons (Fsp3) is 0.0909. The summed E-state index contributed by atoms with van der Waals surface area (Å²) in [5.74, 6) is -0.151. The molecule has 0 bridgehead atoms. The van der Waals surface area contributed by atoms with Crippen LogP contribution in [0, 0.1) is 0 Å². The molecule has 4 nitrogen and oxygen atoms in total. The summed E-state index contributed by atoms with van der Waals surface area (Å²) in [6.07, 6.45) is 0. The van der Waals surface area contributed by atoms with Crippen LogP contribution in [0.15, 0.2) is 72.8 Å². The number of thiazole rings is 1. The molecule has 3 aromatic carbocycles.